The van der Waals surface area contributed by atoms with Crippen LogP contribution in [0.3, 0.4) is 0 Å². The minimum atomic E-state index is -0.623. The first-order chi connectivity index (χ1) is 13.4. The van der Waals surface area contributed by atoms with Gasteiger partial charge in [0.2, 0.25) is 0 Å². The highest BCUT2D eigenvalue weighted by Crippen LogP contribution is 2.47. The summed E-state index contributed by atoms with van der Waals surface area (Å²) >= 11 is 6.30. The van der Waals surface area contributed by atoms with Gasteiger partial charge < -0.3 is 14.5 Å². The normalized spacial score (nSPS) is 29.8. The number of alkyl halides is 1. The Morgan fingerprint density at radius 3 is 2.79 bits per heavy atom. The molecule has 5 nitrogen and oxygen atoms in total. The van der Waals surface area contributed by atoms with Crippen LogP contribution in [-0.4, -0.2) is 60.2 Å². The number of halogens is 2. The van der Waals surface area contributed by atoms with E-state index in [0.717, 1.165) is 6.42 Å². The fourth-order valence-corrected chi connectivity index (χ4v) is 4.74. The third-order valence-corrected chi connectivity index (χ3v) is 6.23. The van der Waals surface area contributed by atoms with Gasteiger partial charge in [-0.15, -0.1) is 11.6 Å². The van der Waals surface area contributed by atoms with Gasteiger partial charge >= 0.3 is 0 Å². The molecular weight excluding hydrogens is 383 g/mol. The SMILES string of the molecule is CN(C)CCN1C(=O)C2=C(C(=O)C3CC(Cl)CCC3O2)C1c1cccc(F)c1. The summed E-state index contributed by atoms with van der Waals surface area (Å²) < 4.78 is 20.0. The number of hydrogen-bond donors (Lipinski definition) is 0. The molecule has 3 aliphatic rings. The van der Waals surface area contributed by atoms with Gasteiger partial charge in [-0.1, -0.05) is 12.1 Å². The van der Waals surface area contributed by atoms with Crippen molar-refractivity contribution >= 4 is 23.3 Å². The van der Waals surface area contributed by atoms with Crippen LogP contribution in [0.5, 0.6) is 0 Å². The lowest BCUT2D eigenvalue weighted by Gasteiger charge is -2.37. The Morgan fingerprint density at radius 2 is 2.07 bits per heavy atom. The summed E-state index contributed by atoms with van der Waals surface area (Å²) in [5, 5.41) is -0.0643. The lowest BCUT2D eigenvalue weighted by molar-refractivity contribution is -0.135. The maximum Gasteiger partial charge on any atom is 0.290 e. The van der Waals surface area contributed by atoms with Crippen molar-refractivity contribution in [1.29, 1.82) is 0 Å². The Balaban J connectivity index is 1.75. The number of likely N-dealkylation sites (N-methyl/N-ethyl adjacent to an activating group) is 1. The molecule has 0 radical (unpaired) electrons. The topological polar surface area (TPSA) is 49.9 Å². The van der Waals surface area contributed by atoms with Crippen LogP contribution >= 0.6 is 11.6 Å². The molecule has 1 aliphatic carbocycles. The molecule has 0 bridgehead atoms. The van der Waals surface area contributed by atoms with Crippen LogP contribution in [0.1, 0.15) is 30.9 Å². The van der Waals surface area contributed by atoms with Crippen molar-refractivity contribution in [2.75, 3.05) is 27.2 Å². The van der Waals surface area contributed by atoms with E-state index in [4.69, 9.17) is 16.3 Å². The zero-order valence-corrected chi connectivity index (χ0v) is 16.8. The van der Waals surface area contributed by atoms with Gasteiger partial charge in [0.05, 0.1) is 17.5 Å². The van der Waals surface area contributed by atoms with Gasteiger partial charge in [-0.25, -0.2) is 4.39 Å². The lowest BCUT2D eigenvalue weighted by atomic mass is 9.77. The number of carbonyl (C=O) groups is 2. The Labute approximate surface area is 169 Å². The number of nitrogens with zero attached hydrogens (tertiary/aromatic N) is 2. The monoisotopic (exact) mass is 406 g/mol. The minimum absolute atomic E-state index is 0.0643. The van der Waals surface area contributed by atoms with Crippen LogP contribution in [0.2, 0.25) is 0 Å². The van der Waals surface area contributed by atoms with Gasteiger partial charge in [-0.2, -0.15) is 0 Å². The second kappa shape index (κ2) is 7.48. The van der Waals surface area contributed by atoms with Gasteiger partial charge in [-0.05, 0) is 51.1 Å². The lowest BCUT2D eigenvalue weighted by Crippen LogP contribution is -2.41. The first kappa shape index (κ1) is 19.4. The molecule has 4 rings (SSSR count). The summed E-state index contributed by atoms with van der Waals surface area (Å²) in [6.07, 6.45) is 1.68. The summed E-state index contributed by atoms with van der Waals surface area (Å²) in [7, 11) is 3.84. The maximum absolute atomic E-state index is 13.9. The van der Waals surface area contributed by atoms with E-state index in [2.05, 4.69) is 0 Å². The van der Waals surface area contributed by atoms with Crippen molar-refractivity contribution in [1.82, 2.24) is 9.80 Å². The molecule has 1 amide bonds. The van der Waals surface area contributed by atoms with Crippen molar-refractivity contribution in [3.8, 4) is 0 Å². The number of fused-ring (bicyclic) bond motifs is 1. The van der Waals surface area contributed by atoms with Crippen LogP contribution in [0.4, 0.5) is 4.39 Å². The van der Waals surface area contributed by atoms with Crippen molar-refractivity contribution in [3.05, 3.63) is 47.0 Å². The number of ketones is 1. The zero-order valence-electron chi connectivity index (χ0n) is 16.0. The van der Waals surface area contributed by atoms with Crippen LogP contribution < -0.4 is 0 Å². The summed E-state index contributed by atoms with van der Waals surface area (Å²) in [4.78, 5) is 30.2. The second-order valence-corrected chi connectivity index (χ2v) is 8.66. The molecule has 0 spiro atoms. The number of carbonyl (C=O) groups excluding carboxylic acids is 2. The molecule has 28 heavy (non-hydrogen) atoms. The molecule has 1 aromatic rings. The van der Waals surface area contributed by atoms with E-state index in [9.17, 15) is 14.0 Å². The highest BCUT2D eigenvalue weighted by atomic mass is 35.5. The van der Waals surface area contributed by atoms with Gasteiger partial charge in [0.1, 0.15) is 11.9 Å². The van der Waals surface area contributed by atoms with Gasteiger partial charge in [0.25, 0.3) is 5.91 Å². The first-order valence-corrected chi connectivity index (χ1v) is 10.1. The third-order valence-electron chi connectivity index (χ3n) is 5.83. The number of hydrogen-bond acceptors (Lipinski definition) is 4. The number of amides is 1. The average molecular weight is 407 g/mol. The Hall–Kier alpha value is -1.92. The Bertz CT molecular complexity index is 841. The molecule has 1 fully saturated rings. The number of Topliss-reactive ketones (excluding diaryl/α,β-unsaturated/α-hetero) is 1. The standard InChI is InChI=1S/C21H24ClFN2O3/c1-24(2)8-9-25-18(12-4-3-5-14(23)10-12)17-19(26)15-11-13(22)6-7-16(15)28-20(17)21(25)27/h3-5,10,13,15-16,18H,6-9,11H2,1-2H3. The van der Waals surface area contributed by atoms with E-state index >= 15 is 0 Å². The molecule has 1 aromatic carbocycles. The first-order valence-electron chi connectivity index (χ1n) is 9.67. The Kier molecular flexibility index (Phi) is 5.19. The van der Waals surface area contributed by atoms with Crippen LogP contribution in [0.15, 0.2) is 35.6 Å². The van der Waals surface area contributed by atoms with Crippen molar-refractivity contribution < 1.29 is 18.7 Å². The molecule has 2 heterocycles. The molecule has 1 saturated carbocycles. The van der Waals surface area contributed by atoms with Gasteiger partial charge in [0, 0.05) is 18.5 Å². The quantitative estimate of drug-likeness (QED) is 0.721. The van der Waals surface area contributed by atoms with E-state index < -0.39 is 11.9 Å². The zero-order chi connectivity index (χ0) is 20.0. The average Bonchev–Trinajstić information content (AvgIpc) is 2.93. The smallest absolute Gasteiger partial charge is 0.290 e. The molecule has 0 aromatic heterocycles. The fourth-order valence-electron chi connectivity index (χ4n) is 4.42. The predicted molar refractivity (Wildman–Crippen MR) is 103 cm³/mol. The minimum Gasteiger partial charge on any atom is -0.483 e. The molecule has 2 aliphatic heterocycles. The maximum atomic E-state index is 13.9. The molecule has 4 unspecified atom stereocenters. The van der Waals surface area contributed by atoms with Crippen molar-refractivity contribution in [2.24, 2.45) is 5.92 Å². The summed E-state index contributed by atoms with van der Waals surface area (Å²) in [6.45, 7) is 1.05. The highest BCUT2D eigenvalue weighted by molar-refractivity contribution is 6.21. The third kappa shape index (κ3) is 3.33. The van der Waals surface area contributed by atoms with Gasteiger partial charge in [0.15, 0.2) is 11.5 Å². The van der Waals surface area contributed by atoms with Crippen LogP contribution in [-0.2, 0) is 14.3 Å². The predicted octanol–water partition coefficient (Wildman–Crippen LogP) is 2.90. The number of rotatable bonds is 4. The Morgan fingerprint density at radius 1 is 1.29 bits per heavy atom. The van der Waals surface area contributed by atoms with Crippen LogP contribution in [0.25, 0.3) is 0 Å². The van der Waals surface area contributed by atoms with E-state index in [0.29, 0.717) is 37.1 Å². The molecule has 7 heteroatoms. The summed E-state index contributed by atoms with van der Waals surface area (Å²) in [6, 6.07) is 5.48. The second-order valence-electron chi connectivity index (χ2n) is 8.04. The largest absolute Gasteiger partial charge is 0.483 e. The van der Waals surface area contributed by atoms with Crippen molar-refractivity contribution in [2.45, 2.75) is 36.8 Å². The molecule has 4 atom stereocenters. The van der Waals surface area contributed by atoms with E-state index in [-0.39, 0.29) is 34.8 Å². The molecular formula is C21H24ClFN2O3. The molecule has 0 N–H and O–H groups in total. The summed E-state index contributed by atoms with van der Waals surface area (Å²) in [5.41, 5.74) is 0.951. The molecule has 150 valence electrons. The van der Waals surface area contributed by atoms with Crippen molar-refractivity contribution in [3.63, 3.8) is 0 Å². The van der Waals surface area contributed by atoms with E-state index in [1.165, 1.54) is 12.1 Å². The number of benzene rings is 1. The van der Waals surface area contributed by atoms with Crippen LogP contribution in [0, 0.1) is 11.7 Å². The fraction of sp³-hybridized carbons (Fsp3) is 0.524. The van der Waals surface area contributed by atoms with Gasteiger partial charge in [-0.3, -0.25) is 9.59 Å². The highest BCUT2D eigenvalue weighted by Gasteiger charge is 2.52. The number of ether oxygens (including phenoxy) is 1. The van der Waals surface area contributed by atoms with E-state index in [1.807, 2.05) is 19.0 Å². The van der Waals surface area contributed by atoms with E-state index in [1.54, 1.807) is 17.0 Å². The summed E-state index contributed by atoms with van der Waals surface area (Å²) in [5.74, 6) is -0.954. The molecule has 0 saturated heterocycles.